The van der Waals surface area contributed by atoms with Crippen molar-refractivity contribution in [3.63, 3.8) is 0 Å². The van der Waals surface area contributed by atoms with E-state index in [1.807, 2.05) is 78.9 Å². The van der Waals surface area contributed by atoms with Crippen LogP contribution >= 0.6 is 15.9 Å². The summed E-state index contributed by atoms with van der Waals surface area (Å²) in [5.74, 6) is 0.508. The average molecular weight is 440 g/mol. The first-order valence-corrected chi connectivity index (χ1v) is 9.76. The summed E-state index contributed by atoms with van der Waals surface area (Å²) < 4.78 is 6.69. The van der Waals surface area contributed by atoms with E-state index in [2.05, 4.69) is 32.1 Å². The van der Waals surface area contributed by atoms with Gasteiger partial charge in [-0.25, -0.2) is 5.43 Å². The Hall–Kier alpha value is -2.83. The van der Waals surface area contributed by atoms with E-state index in [0.29, 0.717) is 18.8 Å². The van der Waals surface area contributed by atoms with E-state index in [4.69, 9.17) is 4.74 Å². The molecule has 0 aliphatic rings. The molecule has 0 bridgehead atoms. The predicted octanol–water partition coefficient (Wildman–Crippen LogP) is 4.26. The number of halogens is 1. The summed E-state index contributed by atoms with van der Waals surface area (Å²) in [4.78, 5) is 12.1. The molecule has 0 radical (unpaired) electrons. The highest BCUT2D eigenvalue weighted by Gasteiger charge is 2.08. The Balaban J connectivity index is 1.51. The normalized spacial score (nSPS) is 10.3. The molecule has 3 aromatic rings. The quantitative estimate of drug-likeness (QED) is 0.435. The highest BCUT2D eigenvalue weighted by molar-refractivity contribution is 9.10. The van der Waals surface area contributed by atoms with Crippen LogP contribution in [-0.4, -0.2) is 12.5 Å². The number of hydrazine groups is 1. The smallest absolute Gasteiger partial charge is 0.258 e. The van der Waals surface area contributed by atoms with Crippen LogP contribution in [0.25, 0.3) is 0 Å². The third-order valence-corrected chi connectivity index (χ3v) is 4.49. The molecule has 0 aliphatic carbocycles. The van der Waals surface area contributed by atoms with Crippen molar-refractivity contribution in [1.82, 2.24) is 10.7 Å². The van der Waals surface area contributed by atoms with Crippen LogP contribution in [0.3, 0.4) is 0 Å². The predicted molar refractivity (Wildman–Crippen MR) is 115 cm³/mol. The fraction of sp³-hybridized carbons (Fsp3) is 0.136. The number of hydrogen-bond donors (Lipinski definition) is 3. The minimum absolute atomic E-state index is 0.0341. The standard InChI is InChI=1S/C22H22BrN3O2/c23-19-11-12-21(18(13-19)15-25-26-20-9-5-2-6-10-20)28-16-22(27)24-14-17-7-3-1-4-8-17/h1-13,25-26H,14-16H2,(H,24,27). The molecule has 0 atom stereocenters. The van der Waals surface area contributed by atoms with Gasteiger partial charge < -0.3 is 15.5 Å². The van der Waals surface area contributed by atoms with Crippen LogP contribution in [0.15, 0.2) is 83.3 Å². The lowest BCUT2D eigenvalue weighted by atomic mass is 10.2. The van der Waals surface area contributed by atoms with Crippen LogP contribution in [0.5, 0.6) is 5.75 Å². The molecule has 3 rings (SSSR count). The number of amides is 1. The molecule has 0 aromatic heterocycles. The van der Waals surface area contributed by atoms with Gasteiger partial charge in [0.2, 0.25) is 0 Å². The third kappa shape index (κ3) is 6.40. The number of carbonyl (C=O) groups is 1. The summed E-state index contributed by atoms with van der Waals surface area (Å²) >= 11 is 3.48. The number of anilines is 1. The molecule has 0 fully saturated rings. The lowest BCUT2D eigenvalue weighted by Gasteiger charge is -2.14. The van der Waals surface area contributed by atoms with E-state index in [0.717, 1.165) is 21.3 Å². The van der Waals surface area contributed by atoms with Crippen LogP contribution < -0.4 is 20.9 Å². The zero-order valence-corrected chi connectivity index (χ0v) is 16.9. The fourth-order valence-corrected chi connectivity index (χ4v) is 2.99. The fourth-order valence-electron chi connectivity index (χ4n) is 2.58. The van der Waals surface area contributed by atoms with Gasteiger partial charge >= 0.3 is 0 Å². The Labute approximate surface area is 173 Å². The topological polar surface area (TPSA) is 62.4 Å². The molecule has 0 spiro atoms. The van der Waals surface area contributed by atoms with Crippen molar-refractivity contribution in [1.29, 1.82) is 0 Å². The van der Waals surface area contributed by atoms with Crippen molar-refractivity contribution >= 4 is 27.5 Å². The second kappa shape index (κ2) is 10.5. The van der Waals surface area contributed by atoms with Crippen LogP contribution in [-0.2, 0) is 17.9 Å². The lowest BCUT2D eigenvalue weighted by molar-refractivity contribution is -0.123. The lowest BCUT2D eigenvalue weighted by Crippen LogP contribution is -2.28. The van der Waals surface area contributed by atoms with Gasteiger partial charge in [-0.05, 0) is 35.9 Å². The molecular weight excluding hydrogens is 418 g/mol. The molecule has 0 heterocycles. The highest BCUT2D eigenvalue weighted by Crippen LogP contribution is 2.23. The van der Waals surface area contributed by atoms with Gasteiger partial charge in [-0.15, -0.1) is 0 Å². The van der Waals surface area contributed by atoms with Crippen LogP contribution in [0, 0.1) is 0 Å². The number of benzene rings is 3. The van der Waals surface area contributed by atoms with Crippen LogP contribution in [0.2, 0.25) is 0 Å². The van der Waals surface area contributed by atoms with E-state index in [9.17, 15) is 4.79 Å². The maximum absolute atomic E-state index is 12.1. The number of nitrogens with one attached hydrogen (secondary N) is 3. The van der Waals surface area contributed by atoms with E-state index >= 15 is 0 Å². The first kappa shape index (κ1) is 19.9. The molecule has 0 unspecified atom stereocenters. The van der Waals surface area contributed by atoms with Gasteiger partial charge in [0.15, 0.2) is 6.61 Å². The summed E-state index contributed by atoms with van der Waals surface area (Å²) in [5, 5.41) is 2.86. The van der Waals surface area contributed by atoms with E-state index < -0.39 is 0 Å². The van der Waals surface area contributed by atoms with E-state index in [1.165, 1.54) is 0 Å². The van der Waals surface area contributed by atoms with Gasteiger partial charge in [-0.2, -0.15) is 0 Å². The SMILES string of the molecule is O=C(COc1ccc(Br)cc1CNNc1ccccc1)NCc1ccccc1. The van der Waals surface area contributed by atoms with E-state index in [1.54, 1.807) is 0 Å². The van der Waals surface area contributed by atoms with Gasteiger partial charge in [-0.1, -0.05) is 64.5 Å². The molecule has 0 aliphatic heterocycles. The second-order valence-electron chi connectivity index (χ2n) is 6.15. The summed E-state index contributed by atoms with van der Waals surface area (Å²) in [6.07, 6.45) is 0. The summed E-state index contributed by atoms with van der Waals surface area (Å²) in [7, 11) is 0. The number of ether oxygens (including phenoxy) is 1. The van der Waals surface area contributed by atoms with Crippen molar-refractivity contribution in [2.24, 2.45) is 0 Å². The second-order valence-corrected chi connectivity index (χ2v) is 7.06. The molecule has 5 nitrogen and oxygen atoms in total. The molecule has 3 N–H and O–H groups in total. The Bertz CT molecular complexity index is 889. The summed E-state index contributed by atoms with van der Waals surface area (Å²) in [6.45, 7) is 0.988. The Morgan fingerprint density at radius 2 is 1.61 bits per heavy atom. The molecule has 1 amide bonds. The third-order valence-electron chi connectivity index (χ3n) is 4.00. The maximum atomic E-state index is 12.1. The van der Waals surface area contributed by atoms with Crippen molar-refractivity contribution < 1.29 is 9.53 Å². The van der Waals surface area contributed by atoms with Crippen molar-refractivity contribution in [2.45, 2.75) is 13.1 Å². The van der Waals surface area contributed by atoms with Gasteiger partial charge in [0.1, 0.15) is 5.75 Å². The summed E-state index contributed by atoms with van der Waals surface area (Å²) in [6, 6.07) is 25.3. The highest BCUT2D eigenvalue weighted by atomic mass is 79.9. The van der Waals surface area contributed by atoms with Gasteiger partial charge in [-0.3, -0.25) is 4.79 Å². The average Bonchev–Trinajstić information content (AvgIpc) is 2.73. The molecular formula is C22H22BrN3O2. The van der Waals surface area contributed by atoms with Gasteiger partial charge in [0.05, 0.1) is 0 Å². The monoisotopic (exact) mass is 439 g/mol. The zero-order valence-electron chi connectivity index (χ0n) is 15.3. The van der Waals surface area contributed by atoms with Crippen LogP contribution in [0.1, 0.15) is 11.1 Å². The molecule has 3 aromatic carbocycles. The number of hydrogen-bond acceptors (Lipinski definition) is 4. The maximum Gasteiger partial charge on any atom is 0.258 e. The van der Waals surface area contributed by atoms with E-state index in [-0.39, 0.29) is 12.5 Å². The minimum Gasteiger partial charge on any atom is -0.483 e. The number of rotatable bonds is 9. The van der Waals surface area contributed by atoms with Crippen molar-refractivity contribution in [3.8, 4) is 5.75 Å². The molecule has 6 heteroatoms. The van der Waals surface area contributed by atoms with Crippen molar-refractivity contribution in [3.05, 3.63) is 94.5 Å². The number of para-hydroxylation sites is 1. The van der Waals surface area contributed by atoms with Crippen molar-refractivity contribution in [2.75, 3.05) is 12.0 Å². The Kier molecular flexibility index (Phi) is 7.46. The zero-order chi connectivity index (χ0) is 19.6. The minimum atomic E-state index is -0.159. The van der Waals surface area contributed by atoms with Crippen LogP contribution in [0.4, 0.5) is 5.69 Å². The van der Waals surface area contributed by atoms with Gasteiger partial charge in [0.25, 0.3) is 5.91 Å². The summed E-state index contributed by atoms with van der Waals surface area (Å²) in [5.41, 5.74) is 9.27. The molecule has 0 saturated carbocycles. The first-order valence-electron chi connectivity index (χ1n) is 8.96. The molecule has 144 valence electrons. The first-order chi connectivity index (χ1) is 13.7. The number of carbonyl (C=O) groups excluding carboxylic acids is 1. The Morgan fingerprint density at radius 3 is 2.36 bits per heavy atom. The molecule has 28 heavy (non-hydrogen) atoms. The Morgan fingerprint density at radius 1 is 0.893 bits per heavy atom. The molecule has 0 saturated heterocycles. The van der Waals surface area contributed by atoms with Gasteiger partial charge in [0, 0.05) is 28.8 Å². The largest absolute Gasteiger partial charge is 0.483 e.